The quantitative estimate of drug-likeness (QED) is 0.816. The predicted octanol–water partition coefficient (Wildman–Crippen LogP) is 3.10. The summed E-state index contributed by atoms with van der Waals surface area (Å²) in [6, 6.07) is 5.20. The Morgan fingerprint density at radius 2 is 2.06 bits per heavy atom. The van der Waals surface area contributed by atoms with Crippen molar-refractivity contribution in [2.45, 2.75) is 19.8 Å². The number of nitrogen functional groups attached to an aromatic ring is 1. The van der Waals surface area contributed by atoms with Crippen LogP contribution >= 0.6 is 11.6 Å². The molecule has 2 aromatic rings. The average Bonchev–Trinajstić information content (AvgIpc) is 2.64. The van der Waals surface area contributed by atoms with E-state index in [1.54, 1.807) is 18.2 Å². The summed E-state index contributed by atoms with van der Waals surface area (Å²) < 4.78 is 5.12. The maximum Gasteiger partial charge on any atom is 0.229 e. The van der Waals surface area contributed by atoms with E-state index < -0.39 is 0 Å². The van der Waals surface area contributed by atoms with Gasteiger partial charge in [-0.2, -0.15) is 4.98 Å². The van der Waals surface area contributed by atoms with E-state index in [9.17, 15) is 0 Å². The molecule has 0 atom stereocenters. The van der Waals surface area contributed by atoms with Crippen LogP contribution in [-0.4, -0.2) is 10.1 Å². The molecule has 84 valence electrons. The topological polar surface area (TPSA) is 64.9 Å². The lowest BCUT2D eigenvalue weighted by Crippen LogP contribution is -1.89. The highest BCUT2D eigenvalue weighted by molar-refractivity contribution is 6.31. The molecule has 2 rings (SSSR count). The summed E-state index contributed by atoms with van der Waals surface area (Å²) in [6.45, 7) is 3.98. The molecule has 0 radical (unpaired) electrons. The average molecular weight is 238 g/mol. The van der Waals surface area contributed by atoms with Crippen LogP contribution in [0.3, 0.4) is 0 Å². The number of nitrogens with two attached hydrogens (primary N) is 1. The zero-order valence-corrected chi connectivity index (χ0v) is 9.82. The van der Waals surface area contributed by atoms with Crippen LogP contribution in [-0.2, 0) is 0 Å². The third-order valence-electron chi connectivity index (χ3n) is 2.11. The van der Waals surface area contributed by atoms with Gasteiger partial charge in [0.1, 0.15) is 0 Å². The molecule has 5 heteroatoms. The van der Waals surface area contributed by atoms with Crippen molar-refractivity contribution in [2.24, 2.45) is 0 Å². The number of halogens is 1. The van der Waals surface area contributed by atoms with Gasteiger partial charge in [0, 0.05) is 22.2 Å². The molecule has 1 heterocycles. The van der Waals surface area contributed by atoms with Gasteiger partial charge in [-0.3, -0.25) is 0 Å². The van der Waals surface area contributed by atoms with Gasteiger partial charge in [-0.1, -0.05) is 30.6 Å². The van der Waals surface area contributed by atoms with Crippen LogP contribution in [0.2, 0.25) is 5.02 Å². The Bertz CT molecular complexity index is 487. The van der Waals surface area contributed by atoms with Crippen LogP contribution in [0.25, 0.3) is 11.4 Å². The third-order valence-corrected chi connectivity index (χ3v) is 2.33. The molecule has 0 fully saturated rings. The summed E-state index contributed by atoms with van der Waals surface area (Å²) in [7, 11) is 0. The zero-order valence-electron chi connectivity index (χ0n) is 9.07. The van der Waals surface area contributed by atoms with E-state index in [1.165, 1.54) is 0 Å². The van der Waals surface area contributed by atoms with Gasteiger partial charge in [0.2, 0.25) is 11.7 Å². The van der Waals surface area contributed by atoms with Gasteiger partial charge in [0.25, 0.3) is 0 Å². The van der Waals surface area contributed by atoms with Crippen LogP contribution in [0, 0.1) is 0 Å². The van der Waals surface area contributed by atoms with Crippen LogP contribution in [0.15, 0.2) is 22.7 Å². The molecule has 0 saturated heterocycles. The number of hydrogen-bond donors (Lipinski definition) is 1. The summed E-state index contributed by atoms with van der Waals surface area (Å²) in [5.74, 6) is 1.32. The summed E-state index contributed by atoms with van der Waals surface area (Å²) in [6.07, 6.45) is 0. The molecule has 1 aromatic heterocycles. The smallest absolute Gasteiger partial charge is 0.229 e. The number of aromatic nitrogens is 2. The maximum absolute atomic E-state index is 5.90. The van der Waals surface area contributed by atoms with Crippen molar-refractivity contribution in [1.82, 2.24) is 10.1 Å². The van der Waals surface area contributed by atoms with Gasteiger partial charge in [-0.15, -0.1) is 0 Å². The minimum Gasteiger partial charge on any atom is -0.399 e. The molecular weight excluding hydrogens is 226 g/mol. The second-order valence-electron chi connectivity index (χ2n) is 3.88. The van der Waals surface area contributed by atoms with Gasteiger partial charge in [-0.05, 0) is 18.2 Å². The van der Waals surface area contributed by atoms with E-state index in [0.29, 0.717) is 22.4 Å². The van der Waals surface area contributed by atoms with Crippen molar-refractivity contribution in [1.29, 1.82) is 0 Å². The van der Waals surface area contributed by atoms with E-state index in [2.05, 4.69) is 10.1 Å². The monoisotopic (exact) mass is 237 g/mol. The lowest BCUT2D eigenvalue weighted by atomic mass is 10.2. The van der Waals surface area contributed by atoms with Gasteiger partial charge in [0.05, 0.1) is 0 Å². The molecule has 0 spiro atoms. The van der Waals surface area contributed by atoms with Crippen molar-refractivity contribution >= 4 is 17.3 Å². The fourth-order valence-electron chi connectivity index (χ4n) is 1.33. The van der Waals surface area contributed by atoms with E-state index >= 15 is 0 Å². The molecule has 0 aliphatic heterocycles. The summed E-state index contributed by atoms with van der Waals surface area (Å²) >= 11 is 5.90. The molecule has 1 aromatic carbocycles. The number of anilines is 1. The molecular formula is C11H12ClN3O. The third kappa shape index (κ3) is 2.17. The van der Waals surface area contributed by atoms with Gasteiger partial charge in [-0.25, -0.2) is 0 Å². The van der Waals surface area contributed by atoms with Crippen LogP contribution in [0.5, 0.6) is 0 Å². The summed E-state index contributed by atoms with van der Waals surface area (Å²) in [5.41, 5.74) is 7.04. The Balaban J connectivity index is 2.42. The largest absolute Gasteiger partial charge is 0.399 e. The van der Waals surface area contributed by atoms with E-state index in [-0.39, 0.29) is 5.92 Å². The predicted molar refractivity (Wildman–Crippen MR) is 63.2 cm³/mol. The highest BCUT2D eigenvalue weighted by Gasteiger charge is 2.12. The molecule has 0 amide bonds. The minimum atomic E-state index is 0.206. The molecule has 2 N–H and O–H groups in total. The van der Waals surface area contributed by atoms with Crippen molar-refractivity contribution in [3.63, 3.8) is 0 Å². The van der Waals surface area contributed by atoms with Crippen molar-refractivity contribution < 1.29 is 4.52 Å². The number of nitrogens with zero attached hydrogens (tertiary/aromatic N) is 2. The summed E-state index contributed by atoms with van der Waals surface area (Å²) in [5, 5.41) is 4.45. The molecule has 0 bridgehead atoms. The second kappa shape index (κ2) is 4.14. The molecule has 4 nitrogen and oxygen atoms in total. The number of benzene rings is 1. The normalized spacial score (nSPS) is 11.0. The number of rotatable bonds is 2. The lowest BCUT2D eigenvalue weighted by molar-refractivity contribution is 0.365. The molecule has 0 saturated carbocycles. The fourth-order valence-corrected chi connectivity index (χ4v) is 1.57. The maximum atomic E-state index is 5.90. The standard InChI is InChI=1S/C11H12ClN3O/c1-6(2)11-14-10(15-16-11)7-3-8(12)5-9(13)4-7/h3-6H,13H2,1-2H3. The molecule has 0 aliphatic rings. The second-order valence-corrected chi connectivity index (χ2v) is 4.32. The van der Waals surface area contributed by atoms with Gasteiger partial charge in [0.15, 0.2) is 0 Å². The Morgan fingerprint density at radius 1 is 1.31 bits per heavy atom. The first kappa shape index (κ1) is 11.0. The Kier molecular flexibility index (Phi) is 2.83. The van der Waals surface area contributed by atoms with E-state index in [0.717, 1.165) is 5.56 Å². The zero-order chi connectivity index (χ0) is 11.7. The summed E-state index contributed by atoms with van der Waals surface area (Å²) in [4.78, 5) is 4.27. The van der Waals surface area contributed by atoms with Gasteiger partial charge < -0.3 is 10.3 Å². The fraction of sp³-hybridized carbons (Fsp3) is 0.273. The van der Waals surface area contributed by atoms with Crippen molar-refractivity contribution in [2.75, 3.05) is 5.73 Å². The first-order valence-corrected chi connectivity index (χ1v) is 5.34. The van der Waals surface area contributed by atoms with E-state index in [4.69, 9.17) is 21.9 Å². The highest BCUT2D eigenvalue weighted by atomic mass is 35.5. The molecule has 16 heavy (non-hydrogen) atoms. The van der Waals surface area contributed by atoms with Crippen LogP contribution < -0.4 is 5.73 Å². The number of hydrogen-bond acceptors (Lipinski definition) is 4. The molecule has 0 unspecified atom stereocenters. The molecule has 0 aliphatic carbocycles. The van der Waals surface area contributed by atoms with Crippen LogP contribution in [0.1, 0.15) is 25.7 Å². The minimum absolute atomic E-state index is 0.206. The van der Waals surface area contributed by atoms with Crippen molar-refractivity contribution in [3.8, 4) is 11.4 Å². The first-order valence-electron chi connectivity index (χ1n) is 4.96. The van der Waals surface area contributed by atoms with Crippen LogP contribution in [0.4, 0.5) is 5.69 Å². The Labute approximate surface area is 98.4 Å². The highest BCUT2D eigenvalue weighted by Crippen LogP contribution is 2.25. The lowest BCUT2D eigenvalue weighted by Gasteiger charge is -1.98. The first-order chi connectivity index (χ1) is 7.56. The van der Waals surface area contributed by atoms with E-state index in [1.807, 2.05) is 13.8 Å². The Morgan fingerprint density at radius 3 is 2.62 bits per heavy atom. The SMILES string of the molecule is CC(C)c1nc(-c2cc(N)cc(Cl)c2)no1. The Hall–Kier alpha value is -1.55. The van der Waals surface area contributed by atoms with Gasteiger partial charge >= 0.3 is 0 Å². The van der Waals surface area contributed by atoms with Crippen molar-refractivity contribution in [3.05, 3.63) is 29.1 Å².